The molecule has 0 fully saturated rings. The first-order chi connectivity index (χ1) is 18.5. The van der Waals surface area contributed by atoms with Crippen LogP contribution in [0, 0.1) is 5.92 Å². The number of hydrogen-bond acceptors (Lipinski definition) is 6. The molecule has 39 heavy (non-hydrogen) atoms. The van der Waals surface area contributed by atoms with E-state index in [0.29, 0.717) is 23.6 Å². The van der Waals surface area contributed by atoms with Gasteiger partial charge in [0.2, 0.25) is 0 Å². The Balaban J connectivity index is 1.69. The molecule has 3 rings (SSSR count). The maximum absolute atomic E-state index is 13.5. The van der Waals surface area contributed by atoms with Gasteiger partial charge in [0.25, 0.3) is 10.0 Å². The van der Waals surface area contributed by atoms with Gasteiger partial charge in [-0.1, -0.05) is 60.7 Å². The zero-order valence-corrected chi connectivity index (χ0v) is 23.8. The van der Waals surface area contributed by atoms with Crippen LogP contribution in [0.5, 0.6) is 0 Å². The Morgan fingerprint density at radius 2 is 1.36 bits per heavy atom. The van der Waals surface area contributed by atoms with Gasteiger partial charge in [-0.15, -0.1) is 0 Å². The molecule has 208 valence electrons. The van der Waals surface area contributed by atoms with E-state index in [1.807, 2.05) is 30.3 Å². The molecule has 0 aliphatic carbocycles. The third-order valence-electron chi connectivity index (χ3n) is 6.19. The molecule has 1 unspecified atom stereocenters. The van der Waals surface area contributed by atoms with Crippen LogP contribution in [0.2, 0.25) is 0 Å². The van der Waals surface area contributed by atoms with Gasteiger partial charge in [0.1, 0.15) is 5.60 Å². The van der Waals surface area contributed by atoms with Crippen LogP contribution in [0.25, 0.3) is 0 Å². The molecule has 0 saturated carbocycles. The zero-order chi connectivity index (χ0) is 28.5. The van der Waals surface area contributed by atoms with Crippen LogP contribution < -0.4 is 4.31 Å². The summed E-state index contributed by atoms with van der Waals surface area (Å²) in [7, 11) is -2.82. The van der Waals surface area contributed by atoms with Gasteiger partial charge in [0.15, 0.2) is 0 Å². The molecule has 0 aromatic heterocycles. The summed E-state index contributed by atoms with van der Waals surface area (Å²) in [5.74, 6) is -0.418. The van der Waals surface area contributed by atoms with Gasteiger partial charge < -0.3 is 9.47 Å². The van der Waals surface area contributed by atoms with E-state index in [-0.39, 0.29) is 22.5 Å². The average molecular weight is 552 g/mol. The zero-order valence-electron chi connectivity index (χ0n) is 23.0. The molecule has 0 radical (unpaired) electrons. The summed E-state index contributed by atoms with van der Waals surface area (Å²) >= 11 is 0. The van der Waals surface area contributed by atoms with E-state index in [9.17, 15) is 18.0 Å². The summed E-state index contributed by atoms with van der Waals surface area (Å²) in [5.41, 5.74) is 1.44. The fourth-order valence-corrected chi connectivity index (χ4v) is 5.55. The number of benzene rings is 3. The molecule has 0 aliphatic heterocycles. The third kappa shape index (κ3) is 8.68. The molecule has 0 N–H and O–H groups in total. The summed E-state index contributed by atoms with van der Waals surface area (Å²) in [4.78, 5) is 25.3. The number of sulfonamides is 1. The Bertz CT molecular complexity index is 1320. The highest BCUT2D eigenvalue weighted by Gasteiger charge is 2.34. The summed E-state index contributed by atoms with van der Waals surface area (Å²) < 4.78 is 38.2. The molecule has 0 bridgehead atoms. The number of nitrogens with zero attached hydrogens (tertiary/aromatic N) is 1. The molecule has 1 atom stereocenters. The van der Waals surface area contributed by atoms with Crippen molar-refractivity contribution in [1.29, 1.82) is 0 Å². The fourth-order valence-electron chi connectivity index (χ4n) is 4.23. The third-order valence-corrected chi connectivity index (χ3v) is 7.90. The number of amides is 1. The Hall–Kier alpha value is -3.65. The highest BCUT2D eigenvalue weighted by Crippen LogP contribution is 2.27. The number of carbonyl (C=O) groups excluding carboxylic acids is 2. The molecule has 0 saturated heterocycles. The maximum atomic E-state index is 13.5. The second-order valence-corrected chi connectivity index (χ2v) is 12.2. The van der Waals surface area contributed by atoms with Crippen molar-refractivity contribution in [2.45, 2.75) is 63.4 Å². The minimum atomic E-state index is -4.23. The van der Waals surface area contributed by atoms with Crippen molar-refractivity contribution >= 4 is 27.8 Å². The molecule has 7 nitrogen and oxygen atoms in total. The number of aryl methyl sites for hydroxylation is 2. The summed E-state index contributed by atoms with van der Waals surface area (Å²) in [6.45, 7) is 5.05. The highest BCUT2D eigenvalue weighted by atomic mass is 32.2. The molecule has 1 amide bonds. The van der Waals surface area contributed by atoms with Crippen molar-refractivity contribution in [2.75, 3.05) is 11.4 Å². The van der Waals surface area contributed by atoms with E-state index in [2.05, 4.69) is 0 Å². The van der Waals surface area contributed by atoms with E-state index in [4.69, 9.17) is 9.47 Å². The molecule has 3 aromatic rings. The standard InChI is InChI=1S/C31H37NO6S/c1-31(2,3)38-30(34)32(27-16-9-6-10-17-27)39(35,36)28-22-19-25(20-23-28)14-11-15-26(29(33)37-4)21-18-24-12-7-5-8-13-24/h5-10,12-13,16-17,19-20,22-23,26H,11,14-15,18,21H2,1-4H3. The van der Waals surface area contributed by atoms with Gasteiger partial charge in [-0.3, -0.25) is 4.79 Å². The summed E-state index contributed by atoms with van der Waals surface area (Å²) in [6.07, 6.45) is 2.61. The van der Waals surface area contributed by atoms with Crippen LogP contribution in [-0.4, -0.2) is 33.2 Å². The van der Waals surface area contributed by atoms with Crippen molar-refractivity contribution in [3.05, 3.63) is 96.1 Å². The fraction of sp³-hybridized carbons (Fsp3) is 0.355. The predicted molar refractivity (Wildman–Crippen MR) is 152 cm³/mol. The number of ether oxygens (including phenoxy) is 2. The van der Waals surface area contributed by atoms with Crippen molar-refractivity contribution in [2.24, 2.45) is 5.92 Å². The van der Waals surface area contributed by atoms with E-state index in [0.717, 1.165) is 18.4 Å². The largest absolute Gasteiger partial charge is 0.469 e. The molecular formula is C31H37NO6S. The summed E-state index contributed by atoms with van der Waals surface area (Å²) in [5, 5.41) is 0. The highest BCUT2D eigenvalue weighted by molar-refractivity contribution is 7.93. The van der Waals surface area contributed by atoms with Gasteiger partial charge in [-0.25, -0.2) is 13.2 Å². The molecular weight excluding hydrogens is 514 g/mol. The first-order valence-corrected chi connectivity index (χ1v) is 14.5. The van der Waals surface area contributed by atoms with Gasteiger partial charge in [-0.2, -0.15) is 4.31 Å². The Morgan fingerprint density at radius 1 is 0.795 bits per heavy atom. The van der Waals surface area contributed by atoms with E-state index >= 15 is 0 Å². The number of methoxy groups -OCH3 is 1. The molecule has 8 heteroatoms. The predicted octanol–water partition coefficient (Wildman–Crippen LogP) is 6.56. The van der Waals surface area contributed by atoms with Gasteiger partial charge >= 0.3 is 12.1 Å². The van der Waals surface area contributed by atoms with Crippen LogP contribution >= 0.6 is 0 Å². The Kier molecular flexibility index (Phi) is 10.3. The normalized spacial score (nSPS) is 12.4. The number of hydrogen-bond donors (Lipinski definition) is 0. The SMILES string of the molecule is COC(=O)C(CCCc1ccc(S(=O)(=O)N(C(=O)OC(C)(C)C)c2ccccc2)cc1)CCc1ccccc1. The van der Waals surface area contributed by atoms with E-state index in [1.54, 1.807) is 63.2 Å². The van der Waals surface area contributed by atoms with Crippen molar-refractivity contribution in [1.82, 2.24) is 0 Å². The molecule has 0 heterocycles. The van der Waals surface area contributed by atoms with Crippen molar-refractivity contribution < 1.29 is 27.5 Å². The second kappa shape index (κ2) is 13.4. The lowest BCUT2D eigenvalue weighted by molar-refractivity contribution is -0.145. The lowest BCUT2D eigenvalue weighted by atomic mass is 9.93. The Labute approximate surface area is 231 Å². The van der Waals surface area contributed by atoms with Gasteiger partial charge in [0.05, 0.1) is 23.6 Å². The van der Waals surface area contributed by atoms with Crippen molar-refractivity contribution in [3.63, 3.8) is 0 Å². The first-order valence-electron chi connectivity index (χ1n) is 13.1. The minimum absolute atomic E-state index is 0.0174. The number of anilines is 1. The Morgan fingerprint density at radius 3 is 1.92 bits per heavy atom. The van der Waals surface area contributed by atoms with Crippen LogP contribution in [0.15, 0.2) is 89.8 Å². The average Bonchev–Trinajstić information content (AvgIpc) is 2.90. The lowest BCUT2D eigenvalue weighted by Crippen LogP contribution is -2.41. The quantitative estimate of drug-likeness (QED) is 0.251. The van der Waals surface area contributed by atoms with Crippen LogP contribution in [0.4, 0.5) is 10.5 Å². The second-order valence-electron chi connectivity index (χ2n) is 10.4. The van der Waals surface area contributed by atoms with E-state index < -0.39 is 21.7 Å². The number of para-hydroxylation sites is 1. The number of carbonyl (C=O) groups is 2. The maximum Gasteiger partial charge on any atom is 0.429 e. The molecule has 0 aliphatic rings. The van der Waals surface area contributed by atoms with Gasteiger partial charge in [-0.05, 0) is 88.3 Å². The van der Waals surface area contributed by atoms with E-state index in [1.165, 1.54) is 24.8 Å². The lowest BCUT2D eigenvalue weighted by Gasteiger charge is -2.27. The van der Waals surface area contributed by atoms with Gasteiger partial charge in [0, 0.05) is 0 Å². The molecule has 3 aromatic carbocycles. The number of esters is 1. The first kappa shape index (κ1) is 29.9. The van der Waals surface area contributed by atoms with Crippen molar-refractivity contribution in [3.8, 4) is 0 Å². The summed E-state index contributed by atoms with van der Waals surface area (Å²) in [6, 6.07) is 24.7. The van der Waals surface area contributed by atoms with Crippen LogP contribution in [0.1, 0.15) is 51.2 Å². The smallest absolute Gasteiger partial charge is 0.429 e. The molecule has 0 spiro atoms. The van der Waals surface area contributed by atoms with Crippen LogP contribution in [0.3, 0.4) is 0 Å². The van der Waals surface area contributed by atoms with Crippen LogP contribution in [-0.2, 0) is 37.1 Å². The number of rotatable bonds is 11. The monoisotopic (exact) mass is 551 g/mol. The minimum Gasteiger partial charge on any atom is -0.469 e. The topological polar surface area (TPSA) is 90.0 Å².